The second kappa shape index (κ2) is 29.8. The smallest absolute Gasteiger partial charge is 0.310 e. The van der Waals surface area contributed by atoms with Crippen molar-refractivity contribution in [3.05, 3.63) is 0 Å². The highest BCUT2D eigenvalue weighted by molar-refractivity contribution is 4.76. The number of methoxy groups -OCH3 is 2. The number of epoxide rings is 1. The fourth-order valence-corrected chi connectivity index (χ4v) is 5.75. The molecular weight excluding hydrogens is 572 g/mol. The van der Waals surface area contributed by atoms with Crippen LogP contribution >= 0.6 is 0 Å². The highest BCUT2D eigenvalue weighted by Crippen LogP contribution is 2.31. The maximum Gasteiger partial charge on any atom is 0.310 e. The van der Waals surface area contributed by atoms with Crippen molar-refractivity contribution < 1.29 is 37.9 Å². The maximum atomic E-state index is 5.92. The molecule has 1 aliphatic heterocycles. The third-order valence-electron chi connectivity index (χ3n) is 8.62. The monoisotopic (exact) mass is 649 g/mol. The Bertz CT molecular complexity index is 594. The van der Waals surface area contributed by atoms with Crippen molar-refractivity contribution in [2.45, 2.75) is 175 Å². The van der Waals surface area contributed by atoms with Crippen LogP contribution in [0.25, 0.3) is 0 Å². The largest absolute Gasteiger partial charge is 0.379 e. The fourth-order valence-electron chi connectivity index (χ4n) is 5.75. The van der Waals surface area contributed by atoms with Gasteiger partial charge in [0.15, 0.2) is 5.79 Å². The lowest BCUT2D eigenvalue weighted by molar-refractivity contribution is -0.415. The van der Waals surface area contributed by atoms with Crippen LogP contribution in [0.15, 0.2) is 0 Å². The summed E-state index contributed by atoms with van der Waals surface area (Å²) >= 11 is 0. The van der Waals surface area contributed by atoms with E-state index in [9.17, 15) is 0 Å². The van der Waals surface area contributed by atoms with Crippen molar-refractivity contribution in [3.63, 3.8) is 0 Å². The van der Waals surface area contributed by atoms with E-state index in [0.29, 0.717) is 38.4 Å². The van der Waals surface area contributed by atoms with Crippen LogP contribution in [-0.2, 0) is 37.9 Å². The van der Waals surface area contributed by atoms with Gasteiger partial charge < -0.3 is 37.9 Å². The Kier molecular flexibility index (Phi) is 29.6. The molecule has 0 aromatic carbocycles. The van der Waals surface area contributed by atoms with Gasteiger partial charge in [0.1, 0.15) is 12.2 Å². The minimum absolute atomic E-state index is 0.177. The highest BCUT2D eigenvalue weighted by atomic mass is 16.9. The summed E-state index contributed by atoms with van der Waals surface area (Å²) in [7, 11) is 3.50. The number of rotatable bonds is 32. The molecule has 1 aliphatic rings. The first-order chi connectivity index (χ1) is 21.9. The third-order valence-corrected chi connectivity index (χ3v) is 8.62. The standard InChI is InChI=1S/C19H38O4.C18H38O4/c1-5-6-7-8-9-10-12-17(19(2,20-3)21-4)13-11-14-22-15-18-16-23-18;1-6-11-12-13-14-15-16-17(19-7-2)18(20-8-3,21-9-4)22-10-5/h17-18H,5-16H2,1-4H3;17H,6-16H2,1-5H3. The van der Waals surface area contributed by atoms with Crippen molar-refractivity contribution in [2.24, 2.45) is 5.92 Å². The van der Waals surface area contributed by atoms with Gasteiger partial charge in [0.25, 0.3) is 0 Å². The molecule has 0 saturated carbocycles. The minimum Gasteiger partial charge on any atom is -0.379 e. The van der Waals surface area contributed by atoms with Gasteiger partial charge in [-0.1, -0.05) is 90.9 Å². The van der Waals surface area contributed by atoms with Gasteiger partial charge in [-0.15, -0.1) is 0 Å². The molecule has 1 fully saturated rings. The normalized spacial score (nSPS) is 16.3. The molecule has 45 heavy (non-hydrogen) atoms. The minimum atomic E-state index is -1.06. The van der Waals surface area contributed by atoms with Crippen LogP contribution in [0.1, 0.15) is 151 Å². The van der Waals surface area contributed by atoms with Gasteiger partial charge in [-0.05, 0) is 60.3 Å². The molecule has 8 heteroatoms. The molecule has 0 N–H and O–H groups in total. The summed E-state index contributed by atoms with van der Waals surface area (Å²) in [5.74, 6) is -1.12. The van der Waals surface area contributed by atoms with Crippen molar-refractivity contribution in [2.75, 3.05) is 60.5 Å². The first kappa shape index (κ1) is 44.7. The van der Waals surface area contributed by atoms with E-state index >= 15 is 0 Å². The molecule has 0 aromatic rings. The van der Waals surface area contributed by atoms with Crippen LogP contribution in [-0.4, -0.2) is 84.4 Å². The third kappa shape index (κ3) is 21.3. The number of unbranched alkanes of at least 4 members (excludes halogenated alkanes) is 10. The van der Waals surface area contributed by atoms with E-state index in [-0.39, 0.29) is 6.10 Å². The molecule has 3 atom stereocenters. The summed E-state index contributed by atoms with van der Waals surface area (Å²) < 4.78 is 45.6. The molecular formula is C37H76O8. The van der Waals surface area contributed by atoms with Gasteiger partial charge in [-0.25, -0.2) is 0 Å². The van der Waals surface area contributed by atoms with Gasteiger partial charge in [-0.3, -0.25) is 0 Å². The van der Waals surface area contributed by atoms with E-state index in [1.165, 1.54) is 70.6 Å². The van der Waals surface area contributed by atoms with E-state index < -0.39 is 11.8 Å². The summed E-state index contributed by atoms with van der Waals surface area (Å²) in [6.45, 7) is 19.1. The van der Waals surface area contributed by atoms with Crippen molar-refractivity contribution in [1.29, 1.82) is 0 Å². The Morgan fingerprint density at radius 3 is 1.53 bits per heavy atom. The van der Waals surface area contributed by atoms with Gasteiger partial charge >= 0.3 is 5.97 Å². The quantitative estimate of drug-likeness (QED) is 0.0406. The van der Waals surface area contributed by atoms with E-state index in [0.717, 1.165) is 51.9 Å². The Morgan fingerprint density at radius 2 is 1.09 bits per heavy atom. The first-order valence-electron chi connectivity index (χ1n) is 18.7. The average molecular weight is 649 g/mol. The van der Waals surface area contributed by atoms with Gasteiger partial charge in [0.2, 0.25) is 0 Å². The molecule has 0 aliphatic carbocycles. The molecule has 1 saturated heterocycles. The molecule has 0 radical (unpaired) electrons. The molecule has 1 heterocycles. The lowest BCUT2D eigenvalue weighted by Crippen LogP contribution is -2.51. The Morgan fingerprint density at radius 1 is 0.622 bits per heavy atom. The Balaban J connectivity index is 0.000000862. The average Bonchev–Trinajstić information content (AvgIpc) is 3.87. The molecule has 3 unspecified atom stereocenters. The van der Waals surface area contributed by atoms with E-state index in [1.54, 1.807) is 14.2 Å². The first-order valence-corrected chi connectivity index (χ1v) is 18.7. The van der Waals surface area contributed by atoms with Crippen LogP contribution in [0.3, 0.4) is 0 Å². The topological polar surface area (TPSA) is 77.1 Å². The van der Waals surface area contributed by atoms with Gasteiger partial charge in [0, 0.05) is 53.2 Å². The number of hydrogen-bond donors (Lipinski definition) is 0. The van der Waals surface area contributed by atoms with E-state index in [2.05, 4.69) is 20.8 Å². The maximum absolute atomic E-state index is 5.92. The molecule has 0 aromatic heterocycles. The van der Waals surface area contributed by atoms with Crippen molar-refractivity contribution in [1.82, 2.24) is 0 Å². The summed E-state index contributed by atoms with van der Waals surface area (Å²) in [6.07, 6.45) is 19.9. The zero-order chi connectivity index (χ0) is 33.7. The number of ether oxygens (including phenoxy) is 8. The van der Waals surface area contributed by atoms with E-state index in [4.69, 9.17) is 37.9 Å². The summed E-state index contributed by atoms with van der Waals surface area (Å²) in [5, 5.41) is 0. The Hall–Kier alpha value is -0.320. The second-order valence-electron chi connectivity index (χ2n) is 12.3. The lowest BCUT2D eigenvalue weighted by Gasteiger charge is -2.38. The predicted molar refractivity (Wildman–Crippen MR) is 185 cm³/mol. The Labute approximate surface area is 279 Å². The van der Waals surface area contributed by atoms with Gasteiger partial charge in [0.05, 0.1) is 13.2 Å². The summed E-state index contributed by atoms with van der Waals surface area (Å²) in [6, 6.07) is 0. The number of hydrogen-bond acceptors (Lipinski definition) is 8. The van der Waals surface area contributed by atoms with Crippen LogP contribution in [0.5, 0.6) is 0 Å². The molecule has 272 valence electrons. The molecule has 0 bridgehead atoms. The van der Waals surface area contributed by atoms with Crippen LogP contribution in [0.4, 0.5) is 0 Å². The second-order valence-corrected chi connectivity index (χ2v) is 12.3. The summed E-state index contributed by atoms with van der Waals surface area (Å²) in [5.41, 5.74) is 0. The van der Waals surface area contributed by atoms with Crippen molar-refractivity contribution in [3.8, 4) is 0 Å². The van der Waals surface area contributed by atoms with Crippen LogP contribution in [0, 0.1) is 5.92 Å². The van der Waals surface area contributed by atoms with Crippen LogP contribution < -0.4 is 0 Å². The van der Waals surface area contributed by atoms with Gasteiger partial charge in [-0.2, -0.15) is 0 Å². The lowest BCUT2D eigenvalue weighted by atomic mass is 9.88. The predicted octanol–water partition coefficient (Wildman–Crippen LogP) is 9.46. The summed E-state index contributed by atoms with van der Waals surface area (Å²) in [4.78, 5) is 0. The zero-order valence-corrected chi connectivity index (χ0v) is 31.3. The highest BCUT2D eigenvalue weighted by Gasteiger charge is 2.42. The molecule has 8 nitrogen and oxygen atoms in total. The fraction of sp³-hybridized carbons (Fsp3) is 1.00. The molecule has 1 rings (SSSR count). The van der Waals surface area contributed by atoms with Crippen LogP contribution in [0.2, 0.25) is 0 Å². The van der Waals surface area contributed by atoms with Crippen molar-refractivity contribution >= 4 is 0 Å². The van der Waals surface area contributed by atoms with E-state index in [1.807, 2.05) is 27.7 Å². The molecule has 0 amide bonds. The zero-order valence-electron chi connectivity index (χ0n) is 31.3. The SMILES string of the molecule is CCCCCCCCC(CCCOCC1CO1)C(C)(OC)OC.CCCCCCCCC(OCC)C(OCC)(OCC)OCC. The molecule has 0 spiro atoms.